The number of hydrogen-bond donors (Lipinski definition) is 1. The zero-order valence-corrected chi connectivity index (χ0v) is 22.2. The Bertz CT molecular complexity index is 1060. The number of amides is 3. The van der Waals surface area contributed by atoms with Crippen molar-refractivity contribution in [3.05, 3.63) is 65.2 Å². The molecule has 0 unspecified atom stereocenters. The molecule has 2 saturated heterocycles. The Labute approximate surface area is 220 Å². The first kappa shape index (κ1) is 26.9. The molecular formula is C30H40N4O3. The van der Waals surface area contributed by atoms with Crippen LogP contribution in [0.4, 0.5) is 5.69 Å². The van der Waals surface area contributed by atoms with E-state index in [-0.39, 0.29) is 23.6 Å². The van der Waals surface area contributed by atoms with Gasteiger partial charge in [-0.15, -0.1) is 0 Å². The lowest BCUT2D eigenvalue weighted by molar-refractivity contribution is -0.136. The van der Waals surface area contributed by atoms with E-state index in [1.54, 1.807) is 0 Å². The van der Waals surface area contributed by atoms with Crippen molar-refractivity contribution in [2.24, 2.45) is 5.92 Å². The van der Waals surface area contributed by atoms with Gasteiger partial charge in [0.2, 0.25) is 11.8 Å². The van der Waals surface area contributed by atoms with E-state index in [1.807, 2.05) is 40.1 Å². The number of carbonyl (C=O) groups is 3. The lowest BCUT2D eigenvalue weighted by Crippen LogP contribution is -2.45. The monoisotopic (exact) mass is 504 g/mol. The highest BCUT2D eigenvalue weighted by atomic mass is 16.2. The second kappa shape index (κ2) is 12.9. The maximum absolute atomic E-state index is 13.3. The third kappa shape index (κ3) is 6.77. The van der Waals surface area contributed by atoms with E-state index in [0.717, 1.165) is 49.2 Å². The van der Waals surface area contributed by atoms with Gasteiger partial charge in [-0.2, -0.15) is 0 Å². The summed E-state index contributed by atoms with van der Waals surface area (Å²) in [6, 6.07) is 15.5. The molecule has 7 nitrogen and oxygen atoms in total. The molecule has 37 heavy (non-hydrogen) atoms. The van der Waals surface area contributed by atoms with Crippen LogP contribution in [0.3, 0.4) is 0 Å². The van der Waals surface area contributed by atoms with Crippen LogP contribution in [-0.4, -0.2) is 78.2 Å². The van der Waals surface area contributed by atoms with Crippen molar-refractivity contribution < 1.29 is 14.4 Å². The third-order valence-electron chi connectivity index (χ3n) is 7.68. The molecule has 2 aliphatic rings. The molecule has 0 saturated carbocycles. The average Bonchev–Trinajstić information content (AvgIpc) is 3.18. The first-order valence-corrected chi connectivity index (χ1v) is 13.8. The fraction of sp³-hybridized carbons (Fsp3) is 0.500. The summed E-state index contributed by atoms with van der Waals surface area (Å²) in [5, 5.41) is 3.17. The normalized spacial score (nSPS) is 17.4. The standard InChI is InChI=1S/C30H40N4O3/c1-3-23-12-8-13-24(4-2)28(23)31-27(35)22-32-16-9-17-33(21-20-32)30(37)26-14-18-34(19-15-26)29(36)25-10-6-5-7-11-25/h5-8,10-13,26H,3-4,9,14-22H2,1-2H3,(H,31,35). The van der Waals surface area contributed by atoms with E-state index in [4.69, 9.17) is 0 Å². The number of piperidine rings is 1. The molecule has 0 radical (unpaired) electrons. The van der Waals surface area contributed by atoms with Gasteiger partial charge in [-0.05, 0) is 55.4 Å². The maximum Gasteiger partial charge on any atom is 0.253 e. The van der Waals surface area contributed by atoms with Gasteiger partial charge in [0.1, 0.15) is 0 Å². The quantitative estimate of drug-likeness (QED) is 0.622. The van der Waals surface area contributed by atoms with Gasteiger partial charge < -0.3 is 15.1 Å². The predicted molar refractivity (Wildman–Crippen MR) is 147 cm³/mol. The largest absolute Gasteiger partial charge is 0.341 e. The van der Waals surface area contributed by atoms with Crippen LogP contribution in [0.1, 0.15) is 54.6 Å². The van der Waals surface area contributed by atoms with Crippen LogP contribution in [-0.2, 0) is 22.4 Å². The summed E-state index contributed by atoms with van der Waals surface area (Å²) in [6.07, 6.45) is 4.02. The first-order chi connectivity index (χ1) is 18.0. The molecule has 2 aliphatic heterocycles. The highest BCUT2D eigenvalue weighted by molar-refractivity contribution is 5.94. The van der Waals surface area contributed by atoms with E-state index in [2.05, 4.69) is 42.3 Å². The fourth-order valence-corrected chi connectivity index (χ4v) is 5.49. The predicted octanol–water partition coefficient (Wildman–Crippen LogP) is 3.84. The van der Waals surface area contributed by atoms with Crippen molar-refractivity contribution in [3.63, 3.8) is 0 Å². The number of aryl methyl sites for hydroxylation is 2. The van der Waals surface area contributed by atoms with E-state index >= 15 is 0 Å². The van der Waals surface area contributed by atoms with Gasteiger partial charge in [-0.3, -0.25) is 19.3 Å². The minimum atomic E-state index is -0.0346. The average molecular weight is 505 g/mol. The molecule has 198 valence electrons. The lowest BCUT2D eigenvalue weighted by atomic mass is 9.94. The number of rotatable bonds is 7. The van der Waals surface area contributed by atoms with Crippen LogP contribution in [0, 0.1) is 5.92 Å². The Morgan fingerprint density at radius 3 is 2.11 bits per heavy atom. The molecule has 3 amide bonds. The van der Waals surface area contributed by atoms with Crippen LogP contribution in [0.2, 0.25) is 0 Å². The van der Waals surface area contributed by atoms with Crippen molar-refractivity contribution in [3.8, 4) is 0 Å². The Morgan fingerprint density at radius 1 is 0.784 bits per heavy atom. The minimum Gasteiger partial charge on any atom is -0.341 e. The van der Waals surface area contributed by atoms with Gasteiger partial charge in [0.05, 0.1) is 6.54 Å². The molecule has 0 aliphatic carbocycles. The first-order valence-electron chi connectivity index (χ1n) is 13.8. The van der Waals surface area contributed by atoms with Crippen molar-refractivity contribution in [1.82, 2.24) is 14.7 Å². The van der Waals surface area contributed by atoms with Crippen molar-refractivity contribution in [1.29, 1.82) is 0 Å². The van der Waals surface area contributed by atoms with Gasteiger partial charge in [0.15, 0.2) is 0 Å². The number of para-hydroxylation sites is 1. The van der Waals surface area contributed by atoms with E-state index in [1.165, 1.54) is 0 Å². The van der Waals surface area contributed by atoms with Crippen molar-refractivity contribution in [2.75, 3.05) is 51.1 Å². The van der Waals surface area contributed by atoms with Gasteiger partial charge in [-0.1, -0.05) is 50.2 Å². The summed E-state index contributed by atoms with van der Waals surface area (Å²) < 4.78 is 0. The Morgan fingerprint density at radius 2 is 1.46 bits per heavy atom. The smallest absolute Gasteiger partial charge is 0.253 e. The molecule has 2 aromatic rings. The van der Waals surface area contributed by atoms with Gasteiger partial charge >= 0.3 is 0 Å². The molecule has 0 bridgehead atoms. The van der Waals surface area contributed by atoms with Crippen molar-refractivity contribution in [2.45, 2.75) is 46.0 Å². The molecule has 2 aromatic carbocycles. The van der Waals surface area contributed by atoms with Crippen LogP contribution >= 0.6 is 0 Å². The second-order valence-corrected chi connectivity index (χ2v) is 10.1. The second-order valence-electron chi connectivity index (χ2n) is 10.1. The molecule has 0 aromatic heterocycles. The number of nitrogens with zero attached hydrogens (tertiary/aromatic N) is 3. The fourth-order valence-electron chi connectivity index (χ4n) is 5.49. The summed E-state index contributed by atoms with van der Waals surface area (Å²) in [7, 11) is 0. The highest BCUT2D eigenvalue weighted by Gasteiger charge is 2.31. The van der Waals surface area contributed by atoms with E-state index in [0.29, 0.717) is 51.1 Å². The summed E-state index contributed by atoms with van der Waals surface area (Å²) >= 11 is 0. The van der Waals surface area contributed by atoms with Crippen LogP contribution in [0.25, 0.3) is 0 Å². The molecular weight excluding hydrogens is 464 g/mol. The van der Waals surface area contributed by atoms with E-state index in [9.17, 15) is 14.4 Å². The molecule has 0 spiro atoms. The SMILES string of the molecule is CCc1cccc(CC)c1NC(=O)CN1CCCN(C(=O)C2CCN(C(=O)c3ccccc3)CC2)CC1. The summed E-state index contributed by atoms with van der Waals surface area (Å²) in [5.74, 6) is 0.212. The summed E-state index contributed by atoms with van der Waals surface area (Å²) in [4.78, 5) is 44.9. The number of benzene rings is 2. The molecule has 1 N–H and O–H groups in total. The summed E-state index contributed by atoms with van der Waals surface area (Å²) in [5.41, 5.74) is 3.99. The number of hydrogen-bond acceptors (Lipinski definition) is 4. The Balaban J connectivity index is 1.26. The lowest BCUT2D eigenvalue weighted by Gasteiger charge is -2.34. The maximum atomic E-state index is 13.3. The van der Waals surface area contributed by atoms with Crippen LogP contribution in [0.5, 0.6) is 0 Å². The molecule has 7 heteroatoms. The molecule has 0 atom stereocenters. The highest BCUT2D eigenvalue weighted by Crippen LogP contribution is 2.24. The topological polar surface area (TPSA) is 73.0 Å². The van der Waals surface area contributed by atoms with Crippen LogP contribution < -0.4 is 5.32 Å². The van der Waals surface area contributed by atoms with Gasteiger partial charge in [0.25, 0.3) is 5.91 Å². The zero-order chi connectivity index (χ0) is 26.2. The summed E-state index contributed by atoms with van der Waals surface area (Å²) in [6.45, 7) is 8.64. The van der Waals surface area contributed by atoms with Crippen molar-refractivity contribution >= 4 is 23.4 Å². The third-order valence-corrected chi connectivity index (χ3v) is 7.68. The van der Waals surface area contributed by atoms with Gasteiger partial charge in [0, 0.05) is 56.4 Å². The Hall–Kier alpha value is -3.19. The van der Waals surface area contributed by atoms with Crippen LogP contribution in [0.15, 0.2) is 48.5 Å². The Kier molecular flexibility index (Phi) is 9.34. The van der Waals surface area contributed by atoms with E-state index < -0.39 is 0 Å². The number of likely N-dealkylation sites (tertiary alicyclic amines) is 1. The number of nitrogens with one attached hydrogen (secondary N) is 1. The minimum absolute atomic E-state index is 0.00540. The molecule has 4 rings (SSSR count). The number of anilines is 1. The number of carbonyl (C=O) groups excluding carboxylic acids is 3. The van der Waals surface area contributed by atoms with Gasteiger partial charge in [-0.25, -0.2) is 0 Å². The molecule has 2 heterocycles. The molecule has 2 fully saturated rings. The zero-order valence-electron chi connectivity index (χ0n) is 22.2.